The molecule has 0 saturated carbocycles. The van der Waals surface area contributed by atoms with E-state index in [0.717, 1.165) is 18.4 Å². The van der Waals surface area contributed by atoms with Gasteiger partial charge in [0.25, 0.3) is 11.8 Å². The zero-order chi connectivity index (χ0) is 17.5. The summed E-state index contributed by atoms with van der Waals surface area (Å²) in [6, 6.07) is 5.28. The molecule has 2 rings (SSSR count). The summed E-state index contributed by atoms with van der Waals surface area (Å²) in [4.78, 5) is 37.6. The van der Waals surface area contributed by atoms with E-state index in [-0.39, 0.29) is 24.3 Å². The lowest BCUT2D eigenvalue weighted by atomic mass is 10.1. The highest BCUT2D eigenvalue weighted by Crippen LogP contribution is 2.24. The van der Waals surface area contributed by atoms with Crippen LogP contribution in [0.25, 0.3) is 0 Å². The number of aryl methyl sites for hydroxylation is 1. The zero-order valence-corrected chi connectivity index (χ0v) is 14.6. The Bertz CT molecular complexity index is 625. The first-order chi connectivity index (χ1) is 11.5. The molecular weight excluding hydrogens is 304 g/mol. The molecule has 5 heteroatoms. The van der Waals surface area contributed by atoms with Crippen molar-refractivity contribution in [3.05, 3.63) is 34.9 Å². The van der Waals surface area contributed by atoms with Crippen LogP contribution in [0.3, 0.4) is 0 Å². The van der Waals surface area contributed by atoms with E-state index in [1.807, 2.05) is 13.0 Å². The monoisotopic (exact) mass is 330 g/mol. The fraction of sp³-hybridized carbons (Fsp3) is 0.526. The van der Waals surface area contributed by atoms with Crippen molar-refractivity contribution < 1.29 is 14.4 Å². The summed E-state index contributed by atoms with van der Waals surface area (Å²) in [5.74, 6) is -0.521. The highest BCUT2D eigenvalue weighted by Gasteiger charge is 2.34. The van der Waals surface area contributed by atoms with Gasteiger partial charge in [0, 0.05) is 19.5 Å². The lowest BCUT2D eigenvalue weighted by molar-refractivity contribution is -0.121. The van der Waals surface area contributed by atoms with Crippen LogP contribution < -0.4 is 5.32 Å². The van der Waals surface area contributed by atoms with Crippen LogP contribution in [-0.2, 0) is 4.79 Å². The van der Waals surface area contributed by atoms with Crippen molar-refractivity contribution in [3.8, 4) is 0 Å². The van der Waals surface area contributed by atoms with Crippen LogP contribution in [0.4, 0.5) is 0 Å². The molecule has 0 unspecified atom stereocenters. The molecule has 0 fully saturated rings. The number of carbonyl (C=O) groups is 3. The molecule has 0 aromatic heterocycles. The van der Waals surface area contributed by atoms with Crippen molar-refractivity contribution in [3.63, 3.8) is 0 Å². The molecule has 24 heavy (non-hydrogen) atoms. The number of benzene rings is 1. The standard InChI is InChI=1S/C19H26N2O3/c1-3-4-5-6-11-20-17(22)8-7-12-21-18(23)15-10-9-14(2)13-16(15)19(21)24/h9-10,13H,3-8,11-12H2,1-2H3,(H,20,22). The maximum absolute atomic E-state index is 12.3. The van der Waals surface area contributed by atoms with Gasteiger partial charge in [0.2, 0.25) is 5.91 Å². The number of unbranched alkanes of at least 4 members (excludes halogenated alkanes) is 3. The molecule has 130 valence electrons. The molecule has 1 aromatic rings. The highest BCUT2D eigenvalue weighted by molar-refractivity contribution is 6.21. The number of nitrogens with zero attached hydrogens (tertiary/aromatic N) is 1. The number of imide groups is 1. The van der Waals surface area contributed by atoms with Crippen LogP contribution in [0.15, 0.2) is 18.2 Å². The zero-order valence-electron chi connectivity index (χ0n) is 14.6. The van der Waals surface area contributed by atoms with Crippen LogP contribution in [0.2, 0.25) is 0 Å². The fourth-order valence-electron chi connectivity index (χ4n) is 2.87. The van der Waals surface area contributed by atoms with Gasteiger partial charge in [0.1, 0.15) is 0 Å². The van der Waals surface area contributed by atoms with Gasteiger partial charge in [-0.2, -0.15) is 0 Å². The number of hydrogen-bond acceptors (Lipinski definition) is 3. The summed E-state index contributed by atoms with van der Waals surface area (Å²) < 4.78 is 0. The second kappa shape index (κ2) is 8.62. The summed E-state index contributed by atoms with van der Waals surface area (Å²) in [5, 5.41) is 2.89. The minimum Gasteiger partial charge on any atom is -0.356 e. The van der Waals surface area contributed by atoms with Crippen molar-refractivity contribution in [2.75, 3.05) is 13.1 Å². The number of nitrogens with one attached hydrogen (secondary N) is 1. The van der Waals surface area contributed by atoms with Crippen LogP contribution in [-0.4, -0.2) is 35.7 Å². The van der Waals surface area contributed by atoms with Gasteiger partial charge in [-0.25, -0.2) is 0 Å². The maximum atomic E-state index is 12.3. The predicted octanol–water partition coefficient (Wildman–Crippen LogP) is 3.07. The minimum atomic E-state index is -0.255. The Labute approximate surface area is 143 Å². The topological polar surface area (TPSA) is 66.5 Å². The second-order valence-electron chi connectivity index (χ2n) is 6.33. The van der Waals surface area contributed by atoms with Crippen LogP contribution in [0.1, 0.15) is 71.7 Å². The van der Waals surface area contributed by atoms with Crippen molar-refractivity contribution in [2.24, 2.45) is 0 Å². The molecule has 1 heterocycles. The van der Waals surface area contributed by atoms with E-state index < -0.39 is 0 Å². The quantitative estimate of drug-likeness (QED) is 0.559. The van der Waals surface area contributed by atoms with Crippen LogP contribution >= 0.6 is 0 Å². The third-order valence-corrected chi connectivity index (χ3v) is 4.26. The summed E-state index contributed by atoms with van der Waals surface area (Å²) in [6.45, 7) is 5.03. The molecule has 5 nitrogen and oxygen atoms in total. The summed E-state index contributed by atoms with van der Waals surface area (Å²) in [7, 11) is 0. The molecule has 1 aliphatic heterocycles. The van der Waals surface area contributed by atoms with Gasteiger partial charge in [-0.05, 0) is 31.9 Å². The molecule has 0 saturated heterocycles. The lowest BCUT2D eigenvalue weighted by Gasteiger charge is -2.13. The molecule has 0 aliphatic carbocycles. The van der Waals surface area contributed by atoms with Gasteiger partial charge in [-0.1, -0.05) is 37.8 Å². The van der Waals surface area contributed by atoms with E-state index in [1.54, 1.807) is 12.1 Å². The average Bonchev–Trinajstić information content (AvgIpc) is 2.79. The number of hydrogen-bond donors (Lipinski definition) is 1. The van der Waals surface area contributed by atoms with Gasteiger partial charge in [0.05, 0.1) is 11.1 Å². The number of carbonyl (C=O) groups excluding carboxylic acids is 3. The molecule has 0 atom stereocenters. The largest absolute Gasteiger partial charge is 0.356 e. The van der Waals surface area contributed by atoms with E-state index in [0.29, 0.717) is 30.5 Å². The summed E-state index contributed by atoms with van der Waals surface area (Å²) >= 11 is 0. The van der Waals surface area contributed by atoms with Crippen molar-refractivity contribution in [2.45, 2.75) is 52.4 Å². The van der Waals surface area contributed by atoms with Gasteiger partial charge in [-0.15, -0.1) is 0 Å². The van der Waals surface area contributed by atoms with Gasteiger partial charge in [-0.3, -0.25) is 19.3 Å². The molecule has 3 amide bonds. The molecule has 0 bridgehead atoms. The lowest BCUT2D eigenvalue weighted by Crippen LogP contribution is -2.32. The van der Waals surface area contributed by atoms with E-state index >= 15 is 0 Å². The number of fused-ring (bicyclic) bond motifs is 1. The Hall–Kier alpha value is -2.17. The first-order valence-electron chi connectivity index (χ1n) is 8.78. The molecule has 0 radical (unpaired) electrons. The van der Waals surface area contributed by atoms with Gasteiger partial charge >= 0.3 is 0 Å². The molecule has 1 aromatic carbocycles. The number of amides is 3. The van der Waals surface area contributed by atoms with Crippen molar-refractivity contribution >= 4 is 17.7 Å². The first kappa shape index (κ1) is 18.2. The normalized spacial score (nSPS) is 13.3. The molecule has 0 spiro atoms. The molecule has 1 N–H and O–H groups in total. The van der Waals surface area contributed by atoms with Crippen molar-refractivity contribution in [1.82, 2.24) is 10.2 Å². The molecule has 1 aliphatic rings. The summed E-state index contributed by atoms with van der Waals surface area (Å²) in [6.07, 6.45) is 5.32. The van der Waals surface area contributed by atoms with Crippen LogP contribution in [0.5, 0.6) is 0 Å². The Balaban J connectivity index is 1.74. The Morgan fingerprint density at radius 3 is 2.54 bits per heavy atom. The third kappa shape index (κ3) is 4.43. The Morgan fingerprint density at radius 1 is 1.04 bits per heavy atom. The van der Waals surface area contributed by atoms with Gasteiger partial charge < -0.3 is 5.32 Å². The average molecular weight is 330 g/mol. The van der Waals surface area contributed by atoms with Crippen LogP contribution in [0, 0.1) is 6.92 Å². The smallest absolute Gasteiger partial charge is 0.261 e. The fourth-order valence-corrected chi connectivity index (χ4v) is 2.87. The van der Waals surface area contributed by atoms with Crippen molar-refractivity contribution in [1.29, 1.82) is 0 Å². The van der Waals surface area contributed by atoms with E-state index in [1.165, 1.54) is 17.7 Å². The van der Waals surface area contributed by atoms with Gasteiger partial charge in [0.15, 0.2) is 0 Å². The second-order valence-corrected chi connectivity index (χ2v) is 6.33. The number of rotatable bonds is 9. The maximum Gasteiger partial charge on any atom is 0.261 e. The van der Waals surface area contributed by atoms with E-state index in [4.69, 9.17) is 0 Å². The highest BCUT2D eigenvalue weighted by atomic mass is 16.2. The minimum absolute atomic E-state index is 0.0149. The molecular formula is C19H26N2O3. The van der Waals surface area contributed by atoms with E-state index in [9.17, 15) is 14.4 Å². The van der Waals surface area contributed by atoms with E-state index in [2.05, 4.69) is 12.2 Å². The first-order valence-corrected chi connectivity index (χ1v) is 8.78. The summed E-state index contributed by atoms with van der Waals surface area (Å²) in [5.41, 5.74) is 1.89. The Kier molecular flexibility index (Phi) is 6.53. The SMILES string of the molecule is CCCCCCNC(=O)CCCN1C(=O)c2ccc(C)cc2C1=O. The predicted molar refractivity (Wildman–Crippen MR) is 92.9 cm³/mol. The third-order valence-electron chi connectivity index (χ3n) is 4.26. The Morgan fingerprint density at radius 2 is 1.79 bits per heavy atom.